The lowest BCUT2D eigenvalue weighted by Crippen LogP contribution is -2.52. The summed E-state index contributed by atoms with van der Waals surface area (Å²) in [7, 11) is 0. The van der Waals surface area contributed by atoms with Crippen LogP contribution in [0, 0.1) is 0 Å². The summed E-state index contributed by atoms with van der Waals surface area (Å²) in [5, 5.41) is 3.30. The number of rotatable bonds is 3. The van der Waals surface area contributed by atoms with Crippen molar-refractivity contribution < 1.29 is 9.21 Å². The molecule has 2 aliphatic rings. The normalized spacial score (nSPS) is 25.2. The number of hydrogen-bond acceptors (Lipinski definition) is 4. The maximum atomic E-state index is 12.8. The predicted octanol–water partition coefficient (Wildman–Crippen LogP) is 2.00. The summed E-state index contributed by atoms with van der Waals surface area (Å²) in [6, 6.07) is 4.03. The fourth-order valence-electron chi connectivity index (χ4n) is 3.33. The Morgan fingerprint density at radius 2 is 2.14 bits per heavy atom. The Morgan fingerprint density at radius 3 is 2.81 bits per heavy atom. The van der Waals surface area contributed by atoms with Gasteiger partial charge in [-0.2, -0.15) is 0 Å². The largest absolute Gasteiger partial charge is 0.453 e. The third-order valence-corrected chi connectivity index (χ3v) is 4.94. The highest BCUT2D eigenvalue weighted by Gasteiger charge is 2.37. The summed E-state index contributed by atoms with van der Waals surface area (Å²) in [6.45, 7) is 6.53. The second-order valence-electron chi connectivity index (χ2n) is 5.79. The molecule has 116 valence electrons. The first-order valence-corrected chi connectivity index (χ1v) is 8.46. The van der Waals surface area contributed by atoms with Crippen LogP contribution in [0.15, 0.2) is 21.2 Å². The fourth-order valence-corrected chi connectivity index (χ4v) is 3.65. The van der Waals surface area contributed by atoms with Gasteiger partial charge in [-0.1, -0.05) is 0 Å². The summed E-state index contributed by atoms with van der Waals surface area (Å²) in [4.78, 5) is 17.1. The molecule has 0 aromatic carbocycles. The van der Waals surface area contributed by atoms with E-state index in [1.165, 1.54) is 0 Å². The van der Waals surface area contributed by atoms with Crippen LogP contribution in [-0.4, -0.2) is 54.5 Å². The highest BCUT2D eigenvalue weighted by atomic mass is 79.9. The van der Waals surface area contributed by atoms with Crippen molar-refractivity contribution in [3.63, 3.8) is 0 Å². The maximum absolute atomic E-state index is 12.8. The monoisotopic (exact) mass is 355 g/mol. The van der Waals surface area contributed by atoms with E-state index in [1.807, 2.05) is 17.0 Å². The molecule has 0 spiro atoms. The Hall–Kier alpha value is -0.850. The van der Waals surface area contributed by atoms with Crippen LogP contribution in [0.3, 0.4) is 0 Å². The lowest BCUT2D eigenvalue weighted by atomic mass is 10.1. The number of halogens is 1. The molecule has 2 atom stereocenters. The topological polar surface area (TPSA) is 48.7 Å². The summed E-state index contributed by atoms with van der Waals surface area (Å²) in [5.74, 6) is 1.20. The molecule has 5 nitrogen and oxygen atoms in total. The molecule has 0 bridgehead atoms. The van der Waals surface area contributed by atoms with Gasteiger partial charge in [-0.3, -0.25) is 9.69 Å². The molecule has 0 radical (unpaired) electrons. The van der Waals surface area contributed by atoms with Gasteiger partial charge in [0.15, 0.2) is 4.67 Å². The first-order valence-electron chi connectivity index (χ1n) is 7.67. The molecule has 6 heteroatoms. The Morgan fingerprint density at radius 1 is 1.38 bits per heavy atom. The number of hydrogen-bond donors (Lipinski definition) is 1. The number of carbonyl (C=O) groups is 1. The first kappa shape index (κ1) is 15.1. The van der Waals surface area contributed by atoms with Crippen LogP contribution in [-0.2, 0) is 4.79 Å². The van der Waals surface area contributed by atoms with E-state index in [0.29, 0.717) is 0 Å². The zero-order valence-electron chi connectivity index (χ0n) is 12.3. The van der Waals surface area contributed by atoms with E-state index in [0.717, 1.165) is 56.0 Å². The summed E-state index contributed by atoms with van der Waals surface area (Å²) < 4.78 is 6.42. The smallest absolute Gasteiger partial charge is 0.240 e. The number of carbonyl (C=O) groups excluding carboxylic acids is 1. The van der Waals surface area contributed by atoms with E-state index < -0.39 is 0 Å². The standard InChI is InChI=1S/C15H22BrN3O2/c1-11(13-4-5-14(16)21-13)19-8-2-3-12(19)15(20)18-9-6-17-7-10-18/h4-5,11-12,17H,2-3,6-10H2,1H3. The third-order valence-electron chi connectivity index (χ3n) is 4.51. The molecule has 0 saturated carbocycles. The van der Waals surface area contributed by atoms with Crippen LogP contribution in [0.25, 0.3) is 0 Å². The summed E-state index contributed by atoms with van der Waals surface area (Å²) in [5.41, 5.74) is 0. The van der Waals surface area contributed by atoms with Gasteiger partial charge in [0.05, 0.1) is 12.1 Å². The van der Waals surface area contributed by atoms with Crippen molar-refractivity contribution in [3.8, 4) is 0 Å². The summed E-state index contributed by atoms with van der Waals surface area (Å²) >= 11 is 3.35. The molecular formula is C15H22BrN3O2. The second kappa shape index (κ2) is 6.50. The van der Waals surface area contributed by atoms with Crippen molar-refractivity contribution in [3.05, 3.63) is 22.6 Å². The van der Waals surface area contributed by atoms with E-state index in [1.54, 1.807) is 0 Å². The average molecular weight is 356 g/mol. The fraction of sp³-hybridized carbons (Fsp3) is 0.667. The minimum Gasteiger partial charge on any atom is -0.453 e. The lowest BCUT2D eigenvalue weighted by molar-refractivity contribution is -0.137. The molecule has 1 N–H and O–H groups in total. The van der Waals surface area contributed by atoms with Crippen molar-refractivity contribution in [1.29, 1.82) is 0 Å². The third kappa shape index (κ3) is 3.17. The number of nitrogens with one attached hydrogen (secondary N) is 1. The van der Waals surface area contributed by atoms with Gasteiger partial charge in [-0.25, -0.2) is 0 Å². The van der Waals surface area contributed by atoms with Gasteiger partial charge in [0.25, 0.3) is 0 Å². The Balaban J connectivity index is 1.71. The number of piperazine rings is 1. The minimum atomic E-state index is 0.00183. The average Bonchev–Trinajstić information content (AvgIpc) is 3.15. The lowest BCUT2D eigenvalue weighted by Gasteiger charge is -2.34. The molecular weight excluding hydrogens is 334 g/mol. The molecule has 2 aliphatic heterocycles. The van der Waals surface area contributed by atoms with Crippen LogP contribution < -0.4 is 5.32 Å². The molecule has 1 aromatic heterocycles. The highest BCUT2D eigenvalue weighted by Crippen LogP contribution is 2.32. The van der Waals surface area contributed by atoms with Crippen molar-refractivity contribution in [2.75, 3.05) is 32.7 Å². The van der Waals surface area contributed by atoms with Gasteiger partial charge < -0.3 is 14.6 Å². The molecule has 21 heavy (non-hydrogen) atoms. The van der Waals surface area contributed by atoms with Crippen LogP contribution >= 0.6 is 15.9 Å². The number of likely N-dealkylation sites (tertiary alicyclic amines) is 1. The van der Waals surface area contributed by atoms with E-state index in [2.05, 4.69) is 33.1 Å². The van der Waals surface area contributed by atoms with E-state index in [4.69, 9.17) is 4.42 Å². The van der Waals surface area contributed by atoms with Gasteiger partial charge >= 0.3 is 0 Å². The zero-order chi connectivity index (χ0) is 14.8. The van der Waals surface area contributed by atoms with Gasteiger partial charge in [0.1, 0.15) is 5.76 Å². The van der Waals surface area contributed by atoms with Crippen LogP contribution in [0.2, 0.25) is 0 Å². The molecule has 0 aliphatic carbocycles. The van der Waals surface area contributed by atoms with E-state index in [9.17, 15) is 4.79 Å². The second-order valence-corrected chi connectivity index (χ2v) is 6.57. The van der Waals surface area contributed by atoms with Gasteiger partial charge in [-0.05, 0) is 54.4 Å². The Bertz CT molecular complexity index is 499. The van der Waals surface area contributed by atoms with Gasteiger partial charge in [0, 0.05) is 26.2 Å². The number of furan rings is 1. The minimum absolute atomic E-state index is 0.00183. The molecule has 2 unspecified atom stereocenters. The molecule has 2 saturated heterocycles. The maximum Gasteiger partial charge on any atom is 0.240 e. The van der Waals surface area contributed by atoms with Crippen LogP contribution in [0.5, 0.6) is 0 Å². The quantitative estimate of drug-likeness (QED) is 0.900. The van der Waals surface area contributed by atoms with Crippen molar-refractivity contribution in [1.82, 2.24) is 15.1 Å². The Kier molecular flexibility index (Phi) is 4.66. The molecule has 2 fully saturated rings. The first-order chi connectivity index (χ1) is 10.2. The SMILES string of the molecule is CC(c1ccc(Br)o1)N1CCCC1C(=O)N1CCNCC1. The van der Waals surface area contributed by atoms with E-state index >= 15 is 0 Å². The van der Waals surface area contributed by atoms with Crippen molar-refractivity contribution in [2.45, 2.75) is 31.8 Å². The molecule has 3 heterocycles. The predicted molar refractivity (Wildman–Crippen MR) is 84.0 cm³/mol. The van der Waals surface area contributed by atoms with Gasteiger partial charge in [0.2, 0.25) is 5.91 Å². The van der Waals surface area contributed by atoms with Crippen LogP contribution in [0.1, 0.15) is 31.6 Å². The van der Waals surface area contributed by atoms with Crippen molar-refractivity contribution in [2.24, 2.45) is 0 Å². The van der Waals surface area contributed by atoms with E-state index in [-0.39, 0.29) is 18.0 Å². The molecule has 1 amide bonds. The Labute approximate surface area is 133 Å². The molecule has 3 rings (SSSR count). The number of amides is 1. The summed E-state index contributed by atoms with van der Waals surface area (Å²) in [6.07, 6.45) is 2.03. The molecule has 1 aromatic rings. The highest BCUT2D eigenvalue weighted by molar-refractivity contribution is 9.10. The number of nitrogens with zero attached hydrogens (tertiary/aromatic N) is 2. The van der Waals surface area contributed by atoms with Gasteiger partial charge in [-0.15, -0.1) is 0 Å². The zero-order valence-corrected chi connectivity index (χ0v) is 13.9. The van der Waals surface area contributed by atoms with Crippen LogP contribution in [0.4, 0.5) is 0 Å². The van der Waals surface area contributed by atoms with Crippen molar-refractivity contribution >= 4 is 21.8 Å².